The van der Waals surface area contributed by atoms with Crippen molar-refractivity contribution in [3.8, 4) is 0 Å². The predicted octanol–water partition coefficient (Wildman–Crippen LogP) is 3.83. The number of nitrogens with zero attached hydrogens (tertiary/aromatic N) is 1. The smallest absolute Gasteiger partial charge is 0.262 e. The fourth-order valence-electron chi connectivity index (χ4n) is 3.37. The topological polar surface area (TPSA) is 39.1 Å². The molecule has 0 atom stereocenters. The molecule has 1 heterocycles. The second kappa shape index (κ2) is 6.84. The average Bonchev–Trinajstić information content (AvgIpc) is 2.71. The molecule has 0 spiro atoms. The summed E-state index contributed by atoms with van der Waals surface area (Å²) < 4.78 is 16.0. The number of hydrogen-bond acceptors (Lipinski definition) is 2. The molecule has 5 heteroatoms. The van der Waals surface area contributed by atoms with Crippen molar-refractivity contribution in [2.24, 2.45) is 7.05 Å². The highest BCUT2D eigenvalue weighted by Crippen LogP contribution is 2.41. The molecule has 0 amide bonds. The summed E-state index contributed by atoms with van der Waals surface area (Å²) in [6.07, 6.45) is 0. The van der Waals surface area contributed by atoms with Crippen LogP contribution in [0.5, 0.6) is 0 Å². The van der Waals surface area contributed by atoms with Gasteiger partial charge in [-0.25, -0.2) is 0 Å². The van der Waals surface area contributed by atoms with Gasteiger partial charge in [0.25, 0.3) is 5.56 Å². The number of rotatable bonds is 3. The van der Waals surface area contributed by atoms with Gasteiger partial charge in [0.2, 0.25) is 0 Å². The third kappa shape index (κ3) is 2.93. The van der Waals surface area contributed by atoms with E-state index in [0.29, 0.717) is 15.6 Å². The molecule has 0 bridgehead atoms. The van der Waals surface area contributed by atoms with E-state index < -0.39 is 7.14 Å². The summed E-state index contributed by atoms with van der Waals surface area (Å²) in [6, 6.07) is 25.4. The Kier molecular flexibility index (Phi) is 4.51. The van der Waals surface area contributed by atoms with Crippen LogP contribution < -0.4 is 21.5 Å². The fraction of sp³-hybridized carbons (Fsp3) is 0.0455. The van der Waals surface area contributed by atoms with Crippen molar-refractivity contribution in [1.82, 2.24) is 4.57 Å². The zero-order chi connectivity index (χ0) is 19.0. The Hall–Kier alpha value is -2.61. The molecule has 27 heavy (non-hydrogen) atoms. The van der Waals surface area contributed by atoms with Gasteiger partial charge in [0.15, 0.2) is 7.14 Å². The summed E-state index contributed by atoms with van der Waals surface area (Å²) in [6.45, 7) is 0. The minimum absolute atomic E-state index is 0.263. The summed E-state index contributed by atoms with van der Waals surface area (Å²) in [5, 5.41) is 2.91. The molecule has 0 saturated heterocycles. The minimum Gasteiger partial charge on any atom is -0.311 e. The molecule has 1 aromatic heterocycles. The summed E-state index contributed by atoms with van der Waals surface area (Å²) >= 11 is 6.15. The molecule has 0 unspecified atom stereocenters. The van der Waals surface area contributed by atoms with Crippen LogP contribution in [0.25, 0.3) is 10.9 Å². The van der Waals surface area contributed by atoms with Crippen molar-refractivity contribution in [3.05, 3.63) is 100 Å². The van der Waals surface area contributed by atoms with E-state index in [1.165, 1.54) is 0 Å². The van der Waals surface area contributed by atoms with E-state index in [-0.39, 0.29) is 10.9 Å². The first kappa shape index (κ1) is 17.8. The standard InChI is InChI=1S/C22H17ClNO2P/c1-24-20-13-12-17(23)14-16(20)15-21(22(24)25)27(26,18-8-4-2-5-9-18)19-10-6-3-7-11-19/h2-15H,1H3. The van der Waals surface area contributed by atoms with Gasteiger partial charge in [-0.2, -0.15) is 0 Å². The van der Waals surface area contributed by atoms with Gasteiger partial charge in [0.1, 0.15) is 0 Å². The largest absolute Gasteiger partial charge is 0.311 e. The zero-order valence-electron chi connectivity index (χ0n) is 14.7. The molecule has 0 radical (unpaired) electrons. The minimum atomic E-state index is -3.34. The molecule has 0 N–H and O–H groups in total. The first-order chi connectivity index (χ1) is 13.0. The summed E-state index contributed by atoms with van der Waals surface area (Å²) in [4.78, 5) is 13.2. The molecular formula is C22H17ClNO2P. The molecule has 134 valence electrons. The molecule has 4 rings (SSSR count). The SMILES string of the molecule is Cn1c(=O)c(P(=O)(c2ccccc2)c2ccccc2)cc2cc(Cl)ccc21. The van der Waals surface area contributed by atoms with Crippen molar-refractivity contribution < 1.29 is 4.57 Å². The average molecular weight is 394 g/mol. The molecule has 0 aliphatic rings. The summed E-state index contributed by atoms with van der Waals surface area (Å²) in [7, 11) is -1.64. The van der Waals surface area contributed by atoms with Crippen molar-refractivity contribution in [2.45, 2.75) is 0 Å². The lowest BCUT2D eigenvalue weighted by Gasteiger charge is -2.20. The highest BCUT2D eigenvalue weighted by atomic mass is 35.5. The van der Waals surface area contributed by atoms with E-state index in [2.05, 4.69) is 0 Å². The molecule has 0 aliphatic carbocycles. The van der Waals surface area contributed by atoms with Gasteiger partial charge in [-0.05, 0) is 24.3 Å². The Bertz CT molecular complexity index is 1190. The first-order valence-electron chi connectivity index (χ1n) is 8.53. The van der Waals surface area contributed by atoms with E-state index in [1.54, 1.807) is 35.9 Å². The zero-order valence-corrected chi connectivity index (χ0v) is 16.3. The molecule has 0 saturated carbocycles. The summed E-state index contributed by atoms with van der Waals surface area (Å²) in [5.41, 5.74) is 0.488. The molecule has 3 nitrogen and oxygen atoms in total. The van der Waals surface area contributed by atoms with Gasteiger partial charge in [0.05, 0.1) is 10.8 Å². The van der Waals surface area contributed by atoms with E-state index >= 15 is 0 Å². The molecule has 3 aromatic carbocycles. The Balaban J connectivity index is 2.13. The van der Waals surface area contributed by atoms with Crippen LogP contribution >= 0.6 is 18.7 Å². The number of pyridine rings is 1. The maximum Gasteiger partial charge on any atom is 0.262 e. The lowest BCUT2D eigenvalue weighted by molar-refractivity contribution is 0.592. The number of benzene rings is 3. The number of hydrogen-bond donors (Lipinski definition) is 0. The van der Waals surface area contributed by atoms with Crippen LogP contribution in [-0.2, 0) is 11.6 Å². The number of aromatic nitrogens is 1. The van der Waals surface area contributed by atoms with Crippen LogP contribution in [0.15, 0.2) is 89.7 Å². The van der Waals surface area contributed by atoms with Gasteiger partial charge in [-0.15, -0.1) is 0 Å². The van der Waals surface area contributed by atoms with Gasteiger partial charge in [-0.3, -0.25) is 4.79 Å². The normalized spacial score (nSPS) is 11.6. The van der Waals surface area contributed by atoms with Gasteiger partial charge in [-0.1, -0.05) is 72.3 Å². The third-order valence-electron chi connectivity index (χ3n) is 4.75. The van der Waals surface area contributed by atoms with E-state index in [1.807, 2.05) is 60.7 Å². The van der Waals surface area contributed by atoms with Crippen LogP contribution in [0.3, 0.4) is 0 Å². The van der Waals surface area contributed by atoms with E-state index in [4.69, 9.17) is 11.6 Å². The van der Waals surface area contributed by atoms with Gasteiger partial charge >= 0.3 is 0 Å². The fourth-order valence-corrected chi connectivity index (χ4v) is 6.32. The van der Waals surface area contributed by atoms with Crippen molar-refractivity contribution in [3.63, 3.8) is 0 Å². The molecule has 0 fully saturated rings. The number of fused-ring (bicyclic) bond motifs is 1. The second-order valence-corrected chi connectivity index (χ2v) is 9.55. The first-order valence-corrected chi connectivity index (χ1v) is 10.6. The van der Waals surface area contributed by atoms with Crippen LogP contribution in [0.1, 0.15) is 0 Å². The van der Waals surface area contributed by atoms with Gasteiger partial charge < -0.3 is 9.13 Å². The maximum absolute atomic E-state index is 14.5. The van der Waals surface area contributed by atoms with Crippen LogP contribution in [0, 0.1) is 0 Å². The van der Waals surface area contributed by atoms with E-state index in [9.17, 15) is 9.36 Å². The number of aryl methyl sites for hydroxylation is 1. The van der Waals surface area contributed by atoms with Crippen LogP contribution in [-0.4, -0.2) is 4.57 Å². The molecule has 0 aliphatic heterocycles. The van der Waals surface area contributed by atoms with Crippen molar-refractivity contribution >= 4 is 45.6 Å². The summed E-state index contributed by atoms with van der Waals surface area (Å²) in [5.74, 6) is 0. The van der Waals surface area contributed by atoms with Crippen molar-refractivity contribution in [1.29, 1.82) is 0 Å². The lowest BCUT2D eigenvalue weighted by Crippen LogP contribution is -2.38. The Labute approximate surface area is 162 Å². The quantitative estimate of drug-likeness (QED) is 0.496. The van der Waals surface area contributed by atoms with E-state index in [0.717, 1.165) is 10.9 Å². The van der Waals surface area contributed by atoms with Crippen LogP contribution in [0.2, 0.25) is 5.02 Å². The van der Waals surface area contributed by atoms with Crippen LogP contribution in [0.4, 0.5) is 0 Å². The predicted molar refractivity (Wildman–Crippen MR) is 114 cm³/mol. The highest BCUT2D eigenvalue weighted by Gasteiger charge is 2.33. The monoisotopic (exact) mass is 393 g/mol. The third-order valence-corrected chi connectivity index (χ3v) is 8.03. The lowest BCUT2D eigenvalue weighted by atomic mass is 10.2. The Morgan fingerprint density at radius 1 is 0.815 bits per heavy atom. The second-order valence-electron chi connectivity index (χ2n) is 6.38. The Morgan fingerprint density at radius 2 is 1.37 bits per heavy atom. The van der Waals surface area contributed by atoms with Crippen molar-refractivity contribution in [2.75, 3.05) is 0 Å². The molecule has 4 aromatic rings. The number of halogens is 1. The highest BCUT2D eigenvalue weighted by molar-refractivity contribution is 7.85. The Morgan fingerprint density at radius 3 is 1.93 bits per heavy atom. The van der Waals surface area contributed by atoms with Gasteiger partial charge in [0, 0.05) is 28.1 Å². The maximum atomic E-state index is 14.5. The molecular weight excluding hydrogens is 377 g/mol.